The van der Waals surface area contributed by atoms with Crippen molar-refractivity contribution in [2.24, 2.45) is 12.5 Å². The van der Waals surface area contributed by atoms with Crippen molar-refractivity contribution in [3.8, 4) is 11.4 Å². The summed E-state index contributed by atoms with van der Waals surface area (Å²) in [4.78, 5) is 4.55. The minimum atomic E-state index is -0.432. The van der Waals surface area contributed by atoms with Gasteiger partial charge in [-0.3, -0.25) is 4.68 Å². The van der Waals surface area contributed by atoms with Crippen molar-refractivity contribution >= 4 is 12.8 Å². The van der Waals surface area contributed by atoms with Crippen molar-refractivity contribution in [1.29, 1.82) is 0 Å². The lowest BCUT2D eigenvalue weighted by Crippen LogP contribution is -2.50. The summed E-state index contributed by atoms with van der Waals surface area (Å²) in [6, 6.07) is 9.90. The summed E-state index contributed by atoms with van der Waals surface area (Å²) < 4.78 is 13.3. The first-order valence-corrected chi connectivity index (χ1v) is 6.75. The molecule has 0 N–H and O–H groups in total. The summed E-state index contributed by atoms with van der Waals surface area (Å²) in [5, 5.41) is 4.44. The molecule has 0 bridgehead atoms. The van der Waals surface area contributed by atoms with Crippen LogP contribution in [-0.2, 0) is 16.4 Å². The largest absolute Gasteiger partial charge is 0.533 e. The van der Waals surface area contributed by atoms with Crippen LogP contribution in [0.4, 0.5) is 0 Å². The number of hydrogen-bond acceptors (Lipinski definition) is 4. The first kappa shape index (κ1) is 13.3. The predicted molar refractivity (Wildman–Crippen MR) is 77.5 cm³/mol. The zero-order valence-corrected chi connectivity index (χ0v) is 12.0. The van der Waals surface area contributed by atoms with Crippen LogP contribution in [-0.4, -0.2) is 35.1 Å². The Kier molecular flexibility index (Phi) is 3.35. The number of benzene rings is 1. The second kappa shape index (κ2) is 5.03. The molecule has 1 fully saturated rings. The number of rotatable bonds is 2. The first-order chi connectivity index (χ1) is 9.55. The maximum Gasteiger partial charge on any atom is 0.533 e. The summed E-state index contributed by atoms with van der Waals surface area (Å²) in [7, 11) is 1.43. The van der Waals surface area contributed by atoms with E-state index in [0.29, 0.717) is 24.8 Å². The third kappa shape index (κ3) is 2.62. The molecule has 0 saturated carbocycles. The van der Waals surface area contributed by atoms with Gasteiger partial charge in [-0.15, -0.1) is 0 Å². The van der Waals surface area contributed by atoms with Crippen LogP contribution in [0.25, 0.3) is 11.4 Å². The molecule has 0 aliphatic carbocycles. The lowest BCUT2D eigenvalue weighted by molar-refractivity contribution is 0.0333. The van der Waals surface area contributed by atoms with Crippen molar-refractivity contribution in [3.63, 3.8) is 0 Å². The summed E-state index contributed by atoms with van der Waals surface area (Å²) in [5.41, 5.74) is 1.75. The van der Waals surface area contributed by atoms with E-state index in [2.05, 4.69) is 23.9 Å². The molecule has 0 radical (unpaired) electrons. The molecule has 1 aliphatic rings. The summed E-state index contributed by atoms with van der Waals surface area (Å²) in [5.74, 6) is 0.695. The minimum Gasteiger partial charge on any atom is -0.405 e. The molecule has 5 nitrogen and oxygen atoms in total. The zero-order valence-electron chi connectivity index (χ0n) is 12.0. The number of hydrogen-bond donors (Lipinski definition) is 0. The van der Waals surface area contributed by atoms with Crippen LogP contribution in [0, 0.1) is 5.41 Å². The van der Waals surface area contributed by atoms with Gasteiger partial charge in [-0.2, -0.15) is 5.10 Å². The number of aromatic nitrogens is 3. The van der Waals surface area contributed by atoms with Gasteiger partial charge in [0.25, 0.3) is 0 Å². The standard InChI is InChI=1S/C14H18BN3O2/c1-14(2)9-19-15(20-10-14)13-16-12(17-18(13)3)11-7-5-4-6-8-11/h4-8H,9-10H2,1-3H3. The van der Waals surface area contributed by atoms with Crippen molar-refractivity contribution in [1.82, 2.24) is 14.8 Å². The highest BCUT2D eigenvalue weighted by Gasteiger charge is 2.37. The van der Waals surface area contributed by atoms with Gasteiger partial charge in [-0.25, -0.2) is 4.98 Å². The average Bonchev–Trinajstić information content (AvgIpc) is 2.82. The number of aryl methyl sites for hydroxylation is 1. The molecule has 0 unspecified atom stereocenters. The van der Waals surface area contributed by atoms with Crippen LogP contribution in [0.1, 0.15) is 13.8 Å². The molecule has 0 amide bonds. The Hall–Kier alpha value is -1.66. The van der Waals surface area contributed by atoms with E-state index >= 15 is 0 Å². The predicted octanol–water partition coefficient (Wildman–Crippen LogP) is 1.25. The third-order valence-electron chi connectivity index (χ3n) is 3.29. The molecule has 1 aliphatic heterocycles. The van der Waals surface area contributed by atoms with Gasteiger partial charge in [-0.05, 0) is 0 Å². The highest BCUT2D eigenvalue weighted by Crippen LogP contribution is 2.21. The van der Waals surface area contributed by atoms with E-state index < -0.39 is 7.12 Å². The number of nitrogens with zero attached hydrogens (tertiary/aromatic N) is 3. The van der Waals surface area contributed by atoms with Gasteiger partial charge >= 0.3 is 7.12 Å². The van der Waals surface area contributed by atoms with Crippen LogP contribution in [0.3, 0.4) is 0 Å². The Morgan fingerprint density at radius 3 is 2.45 bits per heavy atom. The molecule has 0 atom stereocenters. The van der Waals surface area contributed by atoms with E-state index in [0.717, 1.165) is 5.56 Å². The van der Waals surface area contributed by atoms with Crippen LogP contribution in [0.2, 0.25) is 0 Å². The first-order valence-electron chi connectivity index (χ1n) is 6.75. The Morgan fingerprint density at radius 2 is 1.80 bits per heavy atom. The fourth-order valence-electron chi connectivity index (χ4n) is 2.15. The van der Waals surface area contributed by atoms with Gasteiger partial charge in [0.2, 0.25) is 0 Å². The normalized spacial score (nSPS) is 18.2. The molecule has 3 rings (SSSR count). The lowest BCUT2D eigenvalue weighted by Gasteiger charge is -2.32. The van der Waals surface area contributed by atoms with E-state index in [1.165, 1.54) is 0 Å². The molecule has 104 valence electrons. The van der Waals surface area contributed by atoms with Gasteiger partial charge in [0.15, 0.2) is 11.5 Å². The van der Waals surface area contributed by atoms with Gasteiger partial charge < -0.3 is 9.31 Å². The topological polar surface area (TPSA) is 49.2 Å². The van der Waals surface area contributed by atoms with E-state index in [-0.39, 0.29) is 5.41 Å². The summed E-state index contributed by atoms with van der Waals surface area (Å²) in [6.45, 7) is 5.56. The van der Waals surface area contributed by atoms with E-state index in [4.69, 9.17) is 9.31 Å². The second-order valence-corrected chi connectivity index (χ2v) is 5.90. The Balaban J connectivity index is 1.84. The molecule has 20 heavy (non-hydrogen) atoms. The molecular weight excluding hydrogens is 253 g/mol. The molecule has 1 aromatic carbocycles. The smallest absolute Gasteiger partial charge is 0.405 e. The monoisotopic (exact) mass is 271 g/mol. The molecule has 0 spiro atoms. The van der Waals surface area contributed by atoms with Gasteiger partial charge in [-0.1, -0.05) is 44.2 Å². The quantitative estimate of drug-likeness (QED) is 0.771. The Labute approximate surface area is 119 Å². The molecule has 6 heteroatoms. The fraction of sp³-hybridized carbons (Fsp3) is 0.429. The average molecular weight is 271 g/mol. The van der Waals surface area contributed by atoms with Crippen molar-refractivity contribution in [2.45, 2.75) is 13.8 Å². The SMILES string of the molecule is Cn1nc(-c2ccccc2)nc1B1OCC(C)(C)CO1. The van der Waals surface area contributed by atoms with Crippen molar-refractivity contribution < 1.29 is 9.31 Å². The Morgan fingerprint density at radius 1 is 1.15 bits per heavy atom. The second-order valence-electron chi connectivity index (χ2n) is 5.90. The summed E-state index contributed by atoms with van der Waals surface area (Å²) in [6.07, 6.45) is 0. The molecule has 2 aromatic rings. The van der Waals surface area contributed by atoms with Crippen LogP contribution >= 0.6 is 0 Å². The highest BCUT2D eigenvalue weighted by molar-refractivity contribution is 6.59. The molecular formula is C14H18BN3O2. The van der Waals surface area contributed by atoms with E-state index in [9.17, 15) is 0 Å². The van der Waals surface area contributed by atoms with E-state index in [1.807, 2.05) is 37.4 Å². The summed E-state index contributed by atoms with van der Waals surface area (Å²) >= 11 is 0. The third-order valence-corrected chi connectivity index (χ3v) is 3.29. The Bertz CT molecular complexity index is 588. The van der Waals surface area contributed by atoms with Gasteiger partial charge in [0, 0.05) is 31.2 Å². The van der Waals surface area contributed by atoms with Gasteiger partial charge in [0.05, 0.1) is 0 Å². The molecule has 1 aromatic heterocycles. The van der Waals surface area contributed by atoms with E-state index in [1.54, 1.807) is 4.68 Å². The lowest BCUT2D eigenvalue weighted by atomic mass is 9.83. The van der Waals surface area contributed by atoms with Crippen LogP contribution < -0.4 is 5.72 Å². The maximum atomic E-state index is 5.76. The molecule has 1 saturated heterocycles. The van der Waals surface area contributed by atoms with Crippen LogP contribution in [0.5, 0.6) is 0 Å². The van der Waals surface area contributed by atoms with Crippen molar-refractivity contribution in [3.05, 3.63) is 30.3 Å². The fourth-order valence-corrected chi connectivity index (χ4v) is 2.15. The molecule has 2 heterocycles. The van der Waals surface area contributed by atoms with Crippen LogP contribution in [0.15, 0.2) is 30.3 Å². The highest BCUT2D eigenvalue weighted by atomic mass is 16.6. The minimum absolute atomic E-state index is 0.0529. The zero-order chi connectivity index (χ0) is 14.2. The van der Waals surface area contributed by atoms with Crippen molar-refractivity contribution in [2.75, 3.05) is 13.2 Å². The van der Waals surface area contributed by atoms with Gasteiger partial charge in [0.1, 0.15) is 0 Å². The maximum absolute atomic E-state index is 5.76.